The molecule has 1 unspecified atom stereocenters. The lowest BCUT2D eigenvalue weighted by Crippen LogP contribution is -2.21. The largest absolute Gasteiger partial charge is 0.310 e. The van der Waals surface area contributed by atoms with Gasteiger partial charge in [0.05, 0.1) is 0 Å². The molecular formula is C19H31N. The summed E-state index contributed by atoms with van der Waals surface area (Å²) in [4.78, 5) is 0. The van der Waals surface area contributed by atoms with Crippen LogP contribution >= 0.6 is 0 Å². The summed E-state index contributed by atoms with van der Waals surface area (Å²) in [5, 5.41) is 3.69. The van der Waals surface area contributed by atoms with E-state index in [1.54, 1.807) is 0 Å². The van der Waals surface area contributed by atoms with Gasteiger partial charge < -0.3 is 5.32 Å². The maximum atomic E-state index is 3.69. The third kappa shape index (κ3) is 4.94. The van der Waals surface area contributed by atoms with Crippen LogP contribution < -0.4 is 5.32 Å². The van der Waals surface area contributed by atoms with Crippen LogP contribution in [0.3, 0.4) is 0 Å². The van der Waals surface area contributed by atoms with E-state index in [0.717, 1.165) is 5.92 Å². The van der Waals surface area contributed by atoms with Gasteiger partial charge in [0.1, 0.15) is 0 Å². The van der Waals surface area contributed by atoms with E-state index in [1.807, 2.05) is 0 Å². The Balaban J connectivity index is 1.72. The van der Waals surface area contributed by atoms with E-state index in [4.69, 9.17) is 0 Å². The summed E-state index contributed by atoms with van der Waals surface area (Å²) in [7, 11) is 0. The van der Waals surface area contributed by atoms with Crippen molar-refractivity contribution in [3.63, 3.8) is 0 Å². The zero-order valence-corrected chi connectivity index (χ0v) is 13.3. The Labute approximate surface area is 125 Å². The topological polar surface area (TPSA) is 12.0 Å². The van der Waals surface area contributed by atoms with E-state index < -0.39 is 0 Å². The number of rotatable bonds is 8. The van der Waals surface area contributed by atoms with Gasteiger partial charge in [0, 0.05) is 6.04 Å². The average Bonchev–Trinajstić information content (AvgIpc) is 2.99. The fraction of sp³-hybridized carbons (Fsp3) is 0.684. The van der Waals surface area contributed by atoms with Crippen molar-refractivity contribution in [2.45, 2.75) is 71.3 Å². The lowest BCUT2D eigenvalue weighted by Gasteiger charge is -2.16. The molecule has 0 radical (unpaired) electrons. The van der Waals surface area contributed by atoms with Crippen molar-refractivity contribution < 1.29 is 0 Å². The van der Waals surface area contributed by atoms with Crippen molar-refractivity contribution in [3.8, 4) is 0 Å². The van der Waals surface area contributed by atoms with Gasteiger partial charge in [-0.25, -0.2) is 0 Å². The zero-order valence-electron chi connectivity index (χ0n) is 13.3. The van der Waals surface area contributed by atoms with E-state index in [9.17, 15) is 0 Å². The highest BCUT2D eigenvalue weighted by atomic mass is 14.9. The Bertz CT molecular complexity index is 362. The fourth-order valence-electron chi connectivity index (χ4n) is 3.27. The van der Waals surface area contributed by atoms with Crippen molar-refractivity contribution in [2.75, 3.05) is 6.54 Å². The SMILES string of the molecule is CCCCc1ccc(C(C)NCCC2CCCC2)cc1. The lowest BCUT2D eigenvalue weighted by atomic mass is 10.0. The highest BCUT2D eigenvalue weighted by molar-refractivity contribution is 5.24. The van der Waals surface area contributed by atoms with Gasteiger partial charge in [-0.2, -0.15) is 0 Å². The summed E-state index contributed by atoms with van der Waals surface area (Å²) in [5.41, 5.74) is 2.91. The molecule has 1 aliphatic rings. The molecule has 1 aromatic rings. The van der Waals surface area contributed by atoms with Crippen molar-refractivity contribution in [1.82, 2.24) is 5.32 Å². The van der Waals surface area contributed by atoms with Crippen LogP contribution in [-0.2, 0) is 6.42 Å². The first kappa shape index (κ1) is 15.6. The Kier molecular flexibility index (Phi) is 6.59. The van der Waals surface area contributed by atoms with Gasteiger partial charge in [-0.05, 0) is 49.8 Å². The highest BCUT2D eigenvalue weighted by Gasteiger charge is 2.14. The standard InChI is InChI=1S/C19H31N/c1-3-4-7-18-10-12-19(13-11-18)16(2)20-15-14-17-8-5-6-9-17/h10-13,16-17,20H,3-9,14-15H2,1-2H3. The molecule has 0 aromatic heterocycles. The molecule has 1 atom stereocenters. The minimum Gasteiger partial charge on any atom is -0.310 e. The highest BCUT2D eigenvalue weighted by Crippen LogP contribution is 2.27. The van der Waals surface area contributed by atoms with Crippen molar-refractivity contribution in [1.29, 1.82) is 0 Å². The van der Waals surface area contributed by atoms with Crippen LogP contribution in [0.1, 0.15) is 76.0 Å². The molecule has 0 bridgehead atoms. The van der Waals surface area contributed by atoms with Crippen LogP contribution in [0.2, 0.25) is 0 Å². The Hall–Kier alpha value is -0.820. The summed E-state index contributed by atoms with van der Waals surface area (Å²) in [6, 6.07) is 9.70. The molecule has 20 heavy (non-hydrogen) atoms. The molecule has 2 rings (SSSR count). The van der Waals surface area contributed by atoms with Gasteiger partial charge in [0.25, 0.3) is 0 Å². The maximum absolute atomic E-state index is 3.69. The lowest BCUT2D eigenvalue weighted by molar-refractivity contribution is 0.455. The molecule has 112 valence electrons. The predicted molar refractivity (Wildman–Crippen MR) is 88.0 cm³/mol. The molecule has 0 saturated heterocycles. The van der Waals surface area contributed by atoms with Crippen LogP contribution in [0, 0.1) is 5.92 Å². The molecule has 1 saturated carbocycles. The van der Waals surface area contributed by atoms with Crippen molar-refractivity contribution >= 4 is 0 Å². The van der Waals surface area contributed by atoms with Crippen LogP contribution in [0.4, 0.5) is 0 Å². The maximum Gasteiger partial charge on any atom is 0.0291 e. The minimum atomic E-state index is 0.483. The smallest absolute Gasteiger partial charge is 0.0291 e. The number of aryl methyl sites for hydroxylation is 1. The third-order valence-electron chi connectivity index (χ3n) is 4.78. The second-order valence-corrected chi connectivity index (χ2v) is 6.46. The molecule has 1 aliphatic carbocycles. The Morgan fingerprint density at radius 2 is 1.85 bits per heavy atom. The van der Waals surface area contributed by atoms with Crippen LogP contribution in [-0.4, -0.2) is 6.54 Å². The molecule has 0 amide bonds. The fourth-order valence-corrected chi connectivity index (χ4v) is 3.27. The van der Waals surface area contributed by atoms with Gasteiger partial charge in [0.15, 0.2) is 0 Å². The molecule has 1 aromatic carbocycles. The van der Waals surface area contributed by atoms with Gasteiger partial charge >= 0.3 is 0 Å². The molecule has 1 nitrogen and oxygen atoms in total. The molecule has 0 heterocycles. The van der Waals surface area contributed by atoms with Gasteiger partial charge in [-0.3, -0.25) is 0 Å². The van der Waals surface area contributed by atoms with Gasteiger partial charge in [-0.15, -0.1) is 0 Å². The molecular weight excluding hydrogens is 242 g/mol. The monoisotopic (exact) mass is 273 g/mol. The van der Waals surface area contributed by atoms with E-state index in [-0.39, 0.29) is 0 Å². The van der Waals surface area contributed by atoms with E-state index in [0.29, 0.717) is 6.04 Å². The molecule has 1 N–H and O–H groups in total. The normalized spacial score (nSPS) is 17.5. The predicted octanol–water partition coefficient (Wildman–Crippen LogP) is 5.26. The summed E-state index contributed by atoms with van der Waals surface area (Å²) < 4.78 is 0. The number of hydrogen-bond acceptors (Lipinski definition) is 1. The first-order valence-electron chi connectivity index (χ1n) is 8.62. The number of hydrogen-bond donors (Lipinski definition) is 1. The quantitative estimate of drug-likeness (QED) is 0.681. The van der Waals surface area contributed by atoms with E-state index in [2.05, 4.69) is 43.4 Å². The third-order valence-corrected chi connectivity index (χ3v) is 4.78. The van der Waals surface area contributed by atoms with Gasteiger partial charge in [-0.1, -0.05) is 63.3 Å². The zero-order chi connectivity index (χ0) is 14.2. The van der Waals surface area contributed by atoms with Crippen molar-refractivity contribution in [2.24, 2.45) is 5.92 Å². The molecule has 1 fully saturated rings. The van der Waals surface area contributed by atoms with Gasteiger partial charge in [0.2, 0.25) is 0 Å². The number of unbranched alkanes of at least 4 members (excludes halogenated alkanes) is 1. The number of benzene rings is 1. The second-order valence-electron chi connectivity index (χ2n) is 6.46. The Morgan fingerprint density at radius 3 is 2.50 bits per heavy atom. The van der Waals surface area contributed by atoms with Crippen LogP contribution in [0.25, 0.3) is 0 Å². The second kappa shape index (κ2) is 8.46. The summed E-state index contributed by atoms with van der Waals surface area (Å²) in [6.45, 7) is 5.71. The minimum absolute atomic E-state index is 0.483. The molecule has 1 heteroatoms. The first-order chi connectivity index (χ1) is 9.79. The molecule has 0 spiro atoms. The average molecular weight is 273 g/mol. The van der Waals surface area contributed by atoms with E-state index in [1.165, 1.54) is 69.0 Å². The summed E-state index contributed by atoms with van der Waals surface area (Å²) in [6.07, 6.45) is 11.0. The summed E-state index contributed by atoms with van der Waals surface area (Å²) in [5.74, 6) is 0.992. The summed E-state index contributed by atoms with van der Waals surface area (Å²) >= 11 is 0. The number of nitrogens with one attached hydrogen (secondary N) is 1. The van der Waals surface area contributed by atoms with Crippen LogP contribution in [0.15, 0.2) is 24.3 Å². The Morgan fingerprint density at radius 1 is 1.15 bits per heavy atom. The van der Waals surface area contributed by atoms with Crippen molar-refractivity contribution in [3.05, 3.63) is 35.4 Å². The first-order valence-corrected chi connectivity index (χ1v) is 8.62. The van der Waals surface area contributed by atoms with Crippen LogP contribution in [0.5, 0.6) is 0 Å². The molecule has 0 aliphatic heterocycles. The van der Waals surface area contributed by atoms with E-state index >= 15 is 0 Å².